The molecule has 0 aromatic carbocycles. The lowest BCUT2D eigenvalue weighted by Crippen LogP contribution is -2.37. The summed E-state index contributed by atoms with van der Waals surface area (Å²) in [5.74, 6) is -0.561. The fourth-order valence-corrected chi connectivity index (χ4v) is 1.05. The van der Waals surface area contributed by atoms with Crippen molar-refractivity contribution in [2.75, 3.05) is 13.7 Å². The van der Waals surface area contributed by atoms with Crippen LogP contribution in [-0.4, -0.2) is 45.7 Å². The maximum absolute atomic E-state index is 11.8. The highest BCUT2D eigenvalue weighted by molar-refractivity contribution is 5.94. The Kier molecular flexibility index (Phi) is 3.62. The number of aromatic nitrogens is 1. The van der Waals surface area contributed by atoms with Gasteiger partial charge in [0.05, 0.1) is 12.6 Å². The maximum atomic E-state index is 11.8. The first kappa shape index (κ1) is 11.5. The largest absolute Gasteiger partial charge is 0.505 e. The minimum absolute atomic E-state index is 0.000278. The van der Waals surface area contributed by atoms with E-state index in [1.165, 1.54) is 17.2 Å². The summed E-state index contributed by atoms with van der Waals surface area (Å²) in [7, 11) is 1.55. The highest BCUT2D eigenvalue weighted by Gasteiger charge is 2.20. The Morgan fingerprint density at radius 1 is 1.67 bits per heavy atom. The predicted octanol–water partition coefficient (Wildman–Crippen LogP) is 0.240. The zero-order valence-electron chi connectivity index (χ0n) is 8.71. The number of pyridine rings is 1. The van der Waals surface area contributed by atoms with Gasteiger partial charge >= 0.3 is 0 Å². The van der Waals surface area contributed by atoms with E-state index in [1.54, 1.807) is 20.0 Å². The molecule has 0 aliphatic carbocycles. The van der Waals surface area contributed by atoms with Gasteiger partial charge in [-0.1, -0.05) is 0 Å². The van der Waals surface area contributed by atoms with Crippen LogP contribution in [0.3, 0.4) is 0 Å². The number of aromatic hydroxyl groups is 1. The van der Waals surface area contributed by atoms with Crippen LogP contribution in [0.1, 0.15) is 17.4 Å². The van der Waals surface area contributed by atoms with E-state index in [9.17, 15) is 9.90 Å². The van der Waals surface area contributed by atoms with Crippen LogP contribution in [0.2, 0.25) is 0 Å². The fourth-order valence-electron chi connectivity index (χ4n) is 1.05. The second-order valence-electron chi connectivity index (χ2n) is 3.32. The summed E-state index contributed by atoms with van der Waals surface area (Å²) in [6.07, 6.45) is 1.43. The van der Waals surface area contributed by atoms with E-state index in [-0.39, 0.29) is 24.1 Å². The summed E-state index contributed by atoms with van der Waals surface area (Å²) in [4.78, 5) is 16.9. The number of hydrogen-bond donors (Lipinski definition) is 2. The molecule has 0 spiro atoms. The normalized spacial score (nSPS) is 12.2. The van der Waals surface area contributed by atoms with Crippen molar-refractivity contribution >= 4 is 5.91 Å². The molecule has 0 saturated heterocycles. The summed E-state index contributed by atoms with van der Waals surface area (Å²) in [5, 5.41) is 18.3. The molecule has 1 aromatic rings. The van der Waals surface area contributed by atoms with Crippen LogP contribution in [-0.2, 0) is 0 Å². The van der Waals surface area contributed by atoms with Gasteiger partial charge in [0, 0.05) is 13.2 Å². The Morgan fingerprint density at radius 3 is 2.87 bits per heavy atom. The molecule has 1 amide bonds. The van der Waals surface area contributed by atoms with E-state index in [0.717, 1.165) is 0 Å². The highest BCUT2D eigenvalue weighted by Crippen LogP contribution is 2.15. The molecule has 0 bridgehead atoms. The summed E-state index contributed by atoms with van der Waals surface area (Å²) in [6, 6.07) is 2.64. The quantitative estimate of drug-likeness (QED) is 0.749. The lowest BCUT2D eigenvalue weighted by atomic mass is 10.2. The van der Waals surface area contributed by atoms with E-state index in [2.05, 4.69) is 4.98 Å². The van der Waals surface area contributed by atoms with Gasteiger partial charge in [0.15, 0.2) is 5.69 Å². The molecule has 0 aliphatic heterocycles. The van der Waals surface area contributed by atoms with Gasteiger partial charge in [-0.25, -0.2) is 4.98 Å². The van der Waals surface area contributed by atoms with Crippen molar-refractivity contribution in [3.8, 4) is 5.75 Å². The third kappa shape index (κ3) is 2.44. The maximum Gasteiger partial charge on any atom is 0.276 e. The van der Waals surface area contributed by atoms with Gasteiger partial charge in [-0.3, -0.25) is 4.79 Å². The molecule has 82 valence electrons. The van der Waals surface area contributed by atoms with Crippen molar-refractivity contribution in [2.45, 2.75) is 13.0 Å². The van der Waals surface area contributed by atoms with Crippen molar-refractivity contribution in [2.24, 2.45) is 0 Å². The molecular weight excluding hydrogens is 196 g/mol. The van der Waals surface area contributed by atoms with Crippen molar-refractivity contribution in [1.29, 1.82) is 0 Å². The summed E-state index contributed by atoms with van der Waals surface area (Å²) < 4.78 is 0. The molecule has 5 nitrogen and oxygen atoms in total. The number of amides is 1. The van der Waals surface area contributed by atoms with E-state index in [4.69, 9.17) is 5.11 Å². The third-order valence-corrected chi connectivity index (χ3v) is 2.23. The zero-order valence-corrected chi connectivity index (χ0v) is 8.71. The van der Waals surface area contributed by atoms with Crippen molar-refractivity contribution < 1.29 is 15.0 Å². The number of likely N-dealkylation sites (N-methyl/N-ethyl adjacent to an activating group) is 1. The lowest BCUT2D eigenvalue weighted by molar-refractivity contribution is 0.0673. The fraction of sp³-hybridized carbons (Fsp3) is 0.400. The molecule has 1 aromatic heterocycles. The summed E-state index contributed by atoms with van der Waals surface area (Å²) in [6.45, 7) is 1.58. The van der Waals surface area contributed by atoms with Gasteiger partial charge in [0.1, 0.15) is 5.75 Å². The zero-order chi connectivity index (χ0) is 11.4. The van der Waals surface area contributed by atoms with Crippen molar-refractivity contribution in [1.82, 2.24) is 9.88 Å². The summed E-state index contributed by atoms with van der Waals surface area (Å²) >= 11 is 0. The lowest BCUT2D eigenvalue weighted by Gasteiger charge is -2.22. The van der Waals surface area contributed by atoms with Gasteiger partial charge in [0.2, 0.25) is 0 Å². The van der Waals surface area contributed by atoms with Crippen LogP contribution in [0.15, 0.2) is 18.3 Å². The molecule has 0 aliphatic rings. The standard InChI is InChI=1S/C10H14N2O3/c1-7(6-13)12(2)10(15)9-8(14)4-3-5-11-9/h3-5,7,13-14H,6H2,1-2H3. The average Bonchev–Trinajstić information content (AvgIpc) is 2.26. The first-order chi connectivity index (χ1) is 7.07. The molecule has 15 heavy (non-hydrogen) atoms. The Hall–Kier alpha value is -1.62. The number of aliphatic hydroxyl groups excluding tert-OH is 1. The number of hydrogen-bond acceptors (Lipinski definition) is 4. The summed E-state index contributed by atoms with van der Waals surface area (Å²) in [5.41, 5.74) is 0.000278. The van der Waals surface area contributed by atoms with Crippen LogP contribution in [0.5, 0.6) is 5.75 Å². The molecule has 2 N–H and O–H groups in total. The number of nitrogens with zero attached hydrogens (tertiary/aromatic N) is 2. The van der Waals surface area contributed by atoms with Crippen LogP contribution in [0, 0.1) is 0 Å². The number of aliphatic hydroxyl groups is 1. The van der Waals surface area contributed by atoms with Gasteiger partial charge in [-0.2, -0.15) is 0 Å². The van der Waals surface area contributed by atoms with Gasteiger partial charge < -0.3 is 15.1 Å². The van der Waals surface area contributed by atoms with E-state index >= 15 is 0 Å². The van der Waals surface area contributed by atoms with Crippen LogP contribution < -0.4 is 0 Å². The first-order valence-electron chi connectivity index (χ1n) is 4.60. The second-order valence-corrected chi connectivity index (χ2v) is 3.32. The topological polar surface area (TPSA) is 73.7 Å². The highest BCUT2D eigenvalue weighted by atomic mass is 16.3. The molecule has 0 radical (unpaired) electrons. The van der Waals surface area contributed by atoms with Gasteiger partial charge in [0.25, 0.3) is 5.91 Å². The van der Waals surface area contributed by atoms with E-state index in [0.29, 0.717) is 0 Å². The van der Waals surface area contributed by atoms with Crippen molar-refractivity contribution in [3.05, 3.63) is 24.0 Å². The Balaban J connectivity index is 2.90. The van der Waals surface area contributed by atoms with E-state index < -0.39 is 5.91 Å². The molecule has 1 heterocycles. The molecule has 5 heteroatoms. The average molecular weight is 210 g/mol. The van der Waals surface area contributed by atoms with Crippen LogP contribution in [0.4, 0.5) is 0 Å². The number of rotatable bonds is 3. The molecule has 0 saturated carbocycles. The first-order valence-corrected chi connectivity index (χ1v) is 4.60. The Labute approximate surface area is 88.0 Å². The molecular formula is C10H14N2O3. The SMILES string of the molecule is CC(CO)N(C)C(=O)c1ncccc1O. The Bertz CT molecular complexity index is 354. The van der Waals surface area contributed by atoms with Crippen molar-refractivity contribution in [3.63, 3.8) is 0 Å². The van der Waals surface area contributed by atoms with Gasteiger partial charge in [-0.05, 0) is 19.1 Å². The molecule has 1 unspecified atom stereocenters. The molecule has 1 rings (SSSR count). The second kappa shape index (κ2) is 4.75. The monoisotopic (exact) mass is 210 g/mol. The molecule has 1 atom stereocenters. The minimum atomic E-state index is -0.408. The predicted molar refractivity (Wildman–Crippen MR) is 54.5 cm³/mol. The van der Waals surface area contributed by atoms with E-state index in [1.807, 2.05) is 0 Å². The molecule has 0 fully saturated rings. The van der Waals surface area contributed by atoms with Crippen LogP contribution >= 0.6 is 0 Å². The van der Waals surface area contributed by atoms with Crippen LogP contribution in [0.25, 0.3) is 0 Å². The number of carbonyl (C=O) groups is 1. The Morgan fingerprint density at radius 2 is 2.33 bits per heavy atom. The third-order valence-electron chi connectivity index (χ3n) is 2.23. The number of carbonyl (C=O) groups excluding carboxylic acids is 1. The minimum Gasteiger partial charge on any atom is -0.505 e. The smallest absolute Gasteiger partial charge is 0.276 e. The van der Waals surface area contributed by atoms with Gasteiger partial charge in [-0.15, -0.1) is 0 Å².